The highest BCUT2D eigenvalue weighted by atomic mass is 16.4. The molecule has 0 saturated carbocycles. The second-order valence-corrected chi connectivity index (χ2v) is 2.22. The summed E-state index contributed by atoms with van der Waals surface area (Å²) in [5, 5.41) is 11.3. The van der Waals surface area contributed by atoms with Crippen LogP contribution >= 0.6 is 0 Å². The molecule has 0 unspecified atom stereocenters. The highest BCUT2D eigenvalue weighted by Crippen LogP contribution is 1.93. The van der Waals surface area contributed by atoms with Crippen LogP contribution in [0.25, 0.3) is 0 Å². The van der Waals surface area contributed by atoms with Gasteiger partial charge >= 0.3 is 5.97 Å². The number of carboxylic acids is 1. The van der Waals surface area contributed by atoms with Gasteiger partial charge in [-0.15, -0.1) is 0 Å². The SMILES string of the molecule is C=C(C)N[C@@H](CC)C(=O)O. The second-order valence-electron chi connectivity index (χ2n) is 2.22. The summed E-state index contributed by atoms with van der Waals surface area (Å²) in [7, 11) is 0. The van der Waals surface area contributed by atoms with Crippen LogP contribution in [-0.2, 0) is 4.79 Å². The first-order valence-corrected chi connectivity index (χ1v) is 3.22. The Morgan fingerprint density at radius 3 is 2.40 bits per heavy atom. The molecule has 10 heavy (non-hydrogen) atoms. The standard InChI is InChI=1S/C7H13NO2/c1-4-6(7(9)10)8-5(2)3/h6,8H,2,4H2,1,3H3,(H,9,10)/t6-/m0/s1. The highest BCUT2D eigenvalue weighted by molar-refractivity contribution is 5.73. The fraction of sp³-hybridized carbons (Fsp3) is 0.571. The summed E-state index contributed by atoms with van der Waals surface area (Å²) in [5.74, 6) is -0.828. The van der Waals surface area contributed by atoms with Crippen LogP contribution in [0.1, 0.15) is 20.3 Å². The lowest BCUT2D eigenvalue weighted by Crippen LogP contribution is -2.34. The molecule has 0 heterocycles. The van der Waals surface area contributed by atoms with Gasteiger partial charge < -0.3 is 10.4 Å². The number of rotatable bonds is 4. The third-order valence-corrected chi connectivity index (χ3v) is 1.13. The number of allylic oxidation sites excluding steroid dienone is 1. The minimum Gasteiger partial charge on any atom is -0.480 e. The fourth-order valence-electron chi connectivity index (χ4n) is 0.636. The van der Waals surface area contributed by atoms with Crippen molar-refractivity contribution in [3.8, 4) is 0 Å². The number of carboxylic acid groups (broad SMARTS) is 1. The van der Waals surface area contributed by atoms with Gasteiger partial charge in [-0.25, -0.2) is 4.79 Å². The van der Waals surface area contributed by atoms with Gasteiger partial charge in [-0.05, 0) is 13.3 Å². The maximum atomic E-state index is 10.4. The minimum atomic E-state index is -0.828. The van der Waals surface area contributed by atoms with Crippen LogP contribution in [0, 0.1) is 0 Å². The van der Waals surface area contributed by atoms with Gasteiger partial charge in [0.2, 0.25) is 0 Å². The van der Waals surface area contributed by atoms with Crippen LogP contribution in [-0.4, -0.2) is 17.1 Å². The van der Waals surface area contributed by atoms with Crippen LogP contribution in [0.2, 0.25) is 0 Å². The summed E-state index contributed by atoms with van der Waals surface area (Å²) < 4.78 is 0. The molecule has 0 rings (SSSR count). The monoisotopic (exact) mass is 143 g/mol. The molecule has 1 atom stereocenters. The van der Waals surface area contributed by atoms with Gasteiger partial charge in [-0.3, -0.25) is 0 Å². The Balaban J connectivity index is 3.83. The van der Waals surface area contributed by atoms with Gasteiger partial charge in [0.1, 0.15) is 6.04 Å². The summed E-state index contributed by atoms with van der Waals surface area (Å²) >= 11 is 0. The number of hydrogen-bond donors (Lipinski definition) is 2. The lowest BCUT2D eigenvalue weighted by molar-refractivity contribution is -0.139. The molecular formula is C7H13NO2. The summed E-state index contributed by atoms with van der Waals surface area (Å²) in [6, 6.07) is -0.488. The van der Waals surface area contributed by atoms with E-state index in [9.17, 15) is 4.79 Å². The molecule has 0 fully saturated rings. The highest BCUT2D eigenvalue weighted by Gasteiger charge is 2.12. The van der Waals surface area contributed by atoms with Gasteiger partial charge in [-0.1, -0.05) is 13.5 Å². The van der Waals surface area contributed by atoms with E-state index < -0.39 is 12.0 Å². The van der Waals surface area contributed by atoms with Crippen molar-refractivity contribution in [2.24, 2.45) is 0 Å². The Bertz CT molecular complexity index is 143. The summed E-state index contributed by atoms with van der Waals surface area (Å²) in [6.45, 7) is 7.11. The Kier molecular flexibility index (Phi) is 3.54. The molecule has 0 aromatic rings. The normalized spacial score (nSPS) is 12.2. The zero-order valence-electron chi connectivity index (χ0n) is 6.35. The first kappa shape index (κ1) is 9.01. The third-order valence-electron chi connectivity index (χ3n) is 1.13. The van der Waals surface area contributed by atoms with Crippen molar-refractivity contribution >= 4 is 5.97 Å². The van der Waals surface area contributed by atoms with E-state index in [1.165, 1.54) is 0 Å². The van der Waals surface area contributed by atoms with Crippen LogP contribution in [0.5, 0.6) is 0 Å². The quantitative estimate of drug-likeness (QED) is 0.616. The molecule has 0 aliphatic rings. The molecule has 0 aliphatic carbocycles. The molecule has 0 saturated heterocycles. The molecule has 3 nitrogen and oxygen atoms in total. The van der Waals surface area contributed by atoms with Crippen molar-refractivity contribution in [1.29, 1.82) is 0 Å². The van der Waals surface area contributed by atoms with Gasteiger partial charge in [0.05, 0.1) is 0 Å². The lowest BCUT2D eigenvalue weighted by atomic mass is 10.2. The lowest BCUT2D eigenvalue weighted by Gasteiger charge is -2.12. The van der Waals surface area contributed by atoms with E-state index in [1.54, 1.807) is 6.92 Å². The van der Waals surface area contributed by atoms with E-state index in [1.807, 2.05) is 6.92 Å². The molecule has 0 bridgehead atoms. The first-order chi connectivity index (χ1) is 4.57. The molecule has 0 aliphatic heterocycles. The molecule has 58 valence electrons. The number of hydrogen-bond acceptors (Lipinski definition) is 2. The predicted molar refractivity (Wildman–Crippen MR) is 39.7 cm³/mol. The summed E-state index contributed by atoms with van der Waals surface area (Å²) in [4.78, 5) is 10.4. The van der Waals surface area contributed by atoms with Crippen LogP contribution in [0.3, 0.4) is 0 Å². The van der Waals surface area contributed by atoms with Crippen molar-refractivity contribution in [3.63, 3.8) is 0 Å². The van der Waals surface area contributed by atoms with E-state index in [4.69, 9.17) is 5.11 Å². The van der Waals surface area contributed by atoms with E-state index in [-0.39, 0.29) is 0 Å². The Morgan fingerprint density at radius 1 is 1.80 bits per heavy atom. The third kappa shape index (κ3) is 3.12. The molecule has 0 aromatic carbocycles. The Morgan fingerprint density at radius 2 is 2.30 bits per heavy atom. The number of nitrogens with one attached hydrogen (secondary N) is 1. The largest absolute Gasteiger partial charge is 0.480 e. The van der Waals surface area contributed by atoms with E-state index in [2.05, 4.69) is 11.9 Å². The fourth-order valence-corrected chi connectivity index (χ4v) is 0.636. The van der Waals surface area contributed by atoms with E-state index in [0.29, 0.717) is 12.1 Å². The molecule has 0 amide bonds. The smallest absolute Gasteiger partial charge is 0.326 e. The average molecular weight is 143 g/mol. The average Bonchev–Trinajstić information content (AvgIpc) is 1.81. The van der Waals surface area contributed by atoms with Crippen molar-refractivity contribution < 1.29 is 9.90 Å². The molecule has 0 spiro atoms. The van der Waals surface area contributed by atoms with Gasteiger partial charge in [0, 0.05) is 5.70 Å². The van der Waals surface area contributed by atoms with Crippen molar-refractivity contribution in [1.82, 2.24) is 5.32 Å². The molecule has 3 heteroatoms. The van der Waals surface area contributed by atoms with Crippen molar-refractivity contribution in [2.45, 2.75) is 26.3 Å². The Hall–Kier alpha value is -0.990. The van der Waals surface area contributed by atoms with Crippen LogP contribution in [0.15, 0.2) is 12.3 Å². The molecule has 0 radical (unpaired) electrons. The van der Waals surface area contributed by atoms with Gasteiger partial charge in [0.25, 0.3) is 0 Å². The van der Waals surface area contributed by atoms with E-state index >= 15 is 0 Å². The van der Waals surface area contributed by atoms with Crippen molar-refractivity contribution in [3.05, 3.63) is 12.3 Å². The number of aliphatic carboxylic acids is 1. The molecule has 0 aromatic heterocycles. The van der Waals surface area contributed by atoms with Gasteiger partial charge in [-0.2, -0.15) is 0 Å². The topological polar surface area (TPSA) is 49.3 Å². The summed E-state index contributed by atoms with van der Waals surface area (Å²) in [5.41, 5.74) is 0.689. The summed E-state index contributed by atoms with van der Waals surface area (Å²) in [6.07, 6.45) is 0.572. The van der Waals surface area contributed by atoms with Gasteiger partial charge in [0.15, 0.2) is 0 Å². The van der Waals surface area contributed by atoms with Crippen LogP contribution in [0.4, 0.5) is 0 Å². The number of carbonyl (C=O) groups is 1. The minimum absolute atomic E-state index is 0.488. The van der Waals surface area contributed by atoms with Crippen molar-refractivity contribution in [2.75, 3.05) is 0 Å². The zero-order chi connectivity index (χ0) is 8.15. The zero-order valence-corrected chi connectivity index (χ0v) is 6.35. The van der Waals surface area contributed by atoms with E-state index in [0.717, 1.165) is 0 Å². The second kappa shape index (κ2) is 3.93. The maximum Gasteiger partial charge on any atom is 0.326 e. The Labute approximate surface area is 60.7 Å². The maximum absolute atomic E-state index is 10.4. The predicted octanol–water partition coefficient (Wildman–Crippen LogP) is 0.973. The van der Waals surface area contributed by atoms with Crippen LogP contribution < -0.4 is 5.32 Å². The first-order valence-electron chi connectivity index (χ1n) is 3.22. The molecule has 2 N–H and O–H groups in total. The molecular weight excluding hydrogens is 130 g/mol.